The first-order valence-electron chi connectivity index (χ1n) is 13.3. The van der Waals surface area contributed by atoms with Gasteiger partial charge in [-0.05, 0) is 71.4 Å². The largest absolute Gasteiger partial charge is 0.326 e. The predicted octanol–water partition coefficient (Wildman–Crippen LogP) is 4.04. The number of benzene rings is 1. The number of Topliss-reactive ketones (excluding diaryl/α,β-unsaturated/α-hetero) is 1. The van der Waals surface area contributed by atoms with Crippen LogP contribution >= 0.6 is 15.9 Å². The molecule has 206 valence electrons. The Morgan fingerprint density at radius 1 is 1.10 bits per heavy atom. The van der Waals surface area contributed by atoms with Crippen molar-refractivity contribution >= 4 is 55.9 Å². The fourth-order valence-corrected chi connectivity index (χ4v) is 6.48. The summed E-state index contributed by atoms with van der Waals surface area (Å²) in [5.74, 6) is 0.0699. The molecule has 6 heterocycles. The number of aromatic nitrogens is 6. The van der Waals surface area contributed by atoms with Crippen LogP contribution < -0.4 is 5.32 Å². The Bertz CT molecular complexity index is 1900. The minimum absolute atomic E-state index is 0.0832. The molecule has 2 aliphatic heterocycles. The maximum Gasteiger partial charge on any atom is 0.251 e. The second-order valence-corrected chi connectivity index (χ2v) is 11.6. The second-order valence-electron chi connectivity index (χ2n) is 10.8. The van der Waals surface area contributed by atoms with E-state index in [2.05, 4.69) is 41.4 Å². The maximum atomic E-state index is 13.7. The summed E-state index contributed by atoms with van der Waals surface area (Å²) in [6.45, 7) is 3.81. The molecule has 0 atom stereocenters. The monoisotopic (exact) mass is 612 g/mol. The van der Waals surface area contributed by atoms with E-state index in [1.807, 2.05) is 37.4 Å². The van der Waals surface area contributed by atoms with Crippen molar-refractivity contribution in [1.82, 2.24) is 34.3 Å². The molecule has 0 unspecified atom stereocenters. The van der Waals surface area contributed by atoms with Gasteiger partial charge in [0.15, 0.2) is 11.4 Å². The lowest BCUT2D eigenvalue weighted by Crippen LogP contribution is -2.57. The van der Waals surface area contributed by atoms with Crippen LogP contribution in [0.3, 0.4) is 0 Å². The highest BCUT2D eigenvalue weighted by Gasteiger charge is 2.62. The number of fused-ring (bicyclic) bond motifs is 3. The van der Waals surface area contributed by atoms with Gasteiger partial charge in [-0.1, -0.05) is 12.1 Å². The first-order valence-corrected chi connectivity index (χ1v) is 14.1. The van der Waals surface area contributed by atoms with Crippen molar-refractivity contribution in [2.24, 2.45) is 5.92 Å². The summed E-state index contributed by atoms with van der Waals surface area (Å²) in [5, 5.41) is 12.5. The third-order valence-electron chi connectivity index (χ3n) is 8.03. The number of ketones is 1. The van der Waals surface area contributed by atoms with E-state index in [4.69, 9.17) is 0 Å². The number of aryl methyl sites for hydroxylation is 1. The van der Waals surface area contributed by atoms with Gasteiger partial charge in [0.05, 0.1) is 11.2 Å². The van der Waals surface area contributed by atoms with E-state index in [1.54, 1.807) is 38.5 Å². The summed E-state index contributed by atoms with van der Waals surface area (Å²) in [7, 11) is 0. The molecule has 1 aromatic carbocycles. The molecule has 5 aromatic rings. The molecule has 3 aliphatic rings. The molecule has 1 aliphatic carbocycles. The third kappa shape index (κ3) is 4.21. The van der Waals surface area contributed by atoms with Crippen molar-refractivity contribution in [1.29, 1.82) is 0 Å². The number of halogens is 1. The number of nitrogens with one attached hydrogen (secondary N) is 1. The highest BCUT2D eigenvalue weighted by Crippen LogP contribution is 2.51. The second kappa shape index (κ2) is 9.30. The summed E-state index contributed by atoms with van der Waals surface area (Å²) in [6.07, 6.45) is 4.90. The number of amides is 2. The highest BCUT2D eigenvalue weighted by atomic mass is 79.9. The molecular formula is C29H25BrN8O3. The Morgan fingerprint density at radius 2 is 1.93 bits per heavy atom. The lowest BCUT2D eigenvalue weighted by Gasteiger charge is -2.40. The first-order chi connectivity index (χ1) is 19.7. The van der Waals surface area contributed by atoms with Crippen molar-refractivity contribution in [2.45, 2.75) is 38.8 Å². The minimum Gasteiger partial charge on any atom is -0.326 e. The number of rotatable bonds is 6. The van der Waals surface area contributed by atoms with Crippen LogP contribution in [-0.2, 0) is 16.1 Å². The van der Waals surface area contributed by atoms with E-state index in [1.165, 1.54) is 6.92 Å². The normalized spacial score (nSPS) is 19.5. The van der Waals surface area contributed by atoms with Crippen LogP contribution in [0, 0.1) is 12.8 Å². The Morgan fingerprint density at radius 3 is 2.71 bits per heavy atom. The van der Waals surface area contributed by atoms with Gasteiger partial charge < -0.3 is 10.2 Å². The summed E-state index contributed by atoms with van der Waals surface area (Å²) in [5.41, 5.74) is 3.37. The Labute approximate surface area is 242 Å². The van der Waals surface area contributed by atoms with Crippen LogP contribution in [0.1, 0.15) is 35.9 Å². The molecule has 0 spiro atoms. The summed E-state index contributed by atoms with van der Waals surface area (Å²) in [6, 6.07) is 12.9. The van der Waals surface area contributed by atoms with Gasteiger partial charge >= 0.3 is 0 Å². The fourth-order valence-electron chi connectivity index (χ4n) is 6.13. The van der Waals surface area contributed by atoms with Crippen molar-refractivity contribution in [3.05, 3.63) is 70.8 Å². The number of hydrogen-bond donors (Lipinski definition) is 1. The van der Waals surface area contributed by atoms with E-state index in [-0.39, 0.29) is 35.8 Å². The van der Waals surface area contributed by atoms with Crippen molar-refractivity contribution < 1.29 is 14.4 Å². The molecular weight excluding hydrogens is 588 g/mol. The smallest absolute Gasteiger partial charge is 0.251 e. The van der Waals surface area contributed by atoms with Crippen molar-refractivity contribution in [3.8, 4) is 11.1 Å². The lowest BCUT2D eigenvalue weighted by atomic mass is 9.72. The van der Waals surface area contributed by atoms with Crippen LogP contribution in [0.25, 0.3) is 27.7 Å². The van der Waals surface area contributed by atoms with Crippen LogP contribution in [0.15, 0.2) is 59.5 Å². The average Bonchev–Trinajstić information content (AvgIpc) is 3.67. The van der Waals surface area contributed by atoms with Crippen LogP contribution in [0.2, 0.25) is 0 Å². The Balaban J connectivity index is 1.18. The fraction of sp³-hybridized carbons (Fsp3) is 0.276. The van der Waals surface area contributed by atoms with Crippen molar-refractivity contribution in [3.63, 3.8) is 0 Å². The van der Waals surface area contributed by atoms with Gasteiger partial charge in [0.1, 0.15) is 28.2 Å². The summed E-state index contributed by atoms with van der Waals surface area (Å²) < 4.78 is 3.90. The minimum atomic E-state index is -0.901. The van der Waals surface area contributed by atoms with Gasteiger partial charge in [-0.25, -0.2) is 14.5 Å². The topological polar surface area (TPSA) is 127 Å². The Hall–Kier alpha value is -4.45. The number of pyridine rings is 1. The van der Waals surface area contributed by atoms with Gasteiger partial charge in [0, 0.05) is 42.9 Å². The zero-order valence-corrected chi connectivity index (χ0v) is 23.9. The average molecular weight is 613 g/mol. The van der Waals surface area contributed by atoms with Gasteiger partial charge in [0.2, 0.25) is 5.91 Å². The highest BCUT2D eigenvalue weighted by molar-refractivity contribution is 9.10. The molecule has 2 amide bonds. The SMILES string of the molecule is CC(=O)c1nn(CC(=O)N2CC3CC2(C(=O)Nc2cccc(Br)n2)C3)c2ccc(-c3cnc4cc(C)nn4c3)cc12. The molecule has 11 nitrogen and oxygen atoms in total. The molecule has 8 rings (SSSR count). The zero-order valence-electron chi connectivity index (χ0n) is 22.3. The molecule has 1 N–H and O–H groups in total. The van der Waals surface area contributed by atoms with Gasteiger partial charge in [-0.3, -0.25) is 19.1 Å². The molecule has 41 heavy (non-hydrogen) atoms. The molecule has 0 radical (unpaired) electrons. The molecule has 12 heteroatoms. The van der Waals surface area contributed by atoms with Crippen LogP contribution in [0.5, 0.6) is 0 Å². The van der Waals surface area contributed by atoms with Gasteiger partial charge in [-0.15, -0.1) is 0 Å². The maximum absolute atomic E-state index is 13.7. The quantitative estimate of drug-likeness (QED) is 0.226. The first kappa shape index (κ1) is 25.5. The standard InChI is InChI=1S/C29H25BrN8O3/c1-16-8-25-31-12-20(14-38(25)34-16)19-6-7-22-21(9-19)27(17(2)39)35-37(22)15-26(40)36-13-18-10-29(36,11-18)28(41)33-24-5-3-4-23(30)32-24/h3-9,12,14,18H,10-11,13,15H2,1-2H3,(H,32,33,41). The number of carbonyl (C=O) groups excluding carboxylic acids is 3. The molecule has 3 fully saturated rings. The number of anilines is 1. The predicted molar refractivity (Wildman–Crippen MR) is 154 cm³/mol. The number of nitrogens with zero attached hydrogens (tertiary/aromatic N) is 7. The third-order valence-corrected chi connectivity index (χ3v) is 8.47. The van der Waals surface area contributed by atoms with Gasteiger partial charge in [0.25, 0.3) is 5.91 Å². The van der Waals surface area contributed by atoms with Crippen LogP contribution in [0.4, 0.5) is 5.82 Å². The van der Waals surface area contributed by atoms with E-state index in [0.29, 0.717) is 40.7 Å². The van der Waals surface area contributed by atoms with Crippen LogP contribution in [-0.4, -0.2) is 63.9 Å². The number of carbonyl (C=O) groups is 3. The van der Waals surface area contributed by atoms with Gasteiger partial charge in [-0.2, -0.15) is 10.2 Å². The number of hydrogen-bond acceptors (Lipinski definition) is 7. The molecule has 1 saturated carbocycles. The zero-order chi connectivity index (χ0) is 28.5. The summed E-state index contributed by atoms with van der Waals surface area (Å²) >= 11 is 3.32. The van der Waals surface area contributed by atoms with E-state index >= 15 is 0 Å². The molecule has 2 bridgehead atoms. The van der Waals surface area contributed by atoms with E-state index in [0.717, 1.165) is 22.5 Å². The van der Waals surface area contributed by atoms with Crippen molar-refractivity contribution in [2.75, 3.05) is 11.9 Å². The lowest BCUT2D eigenvalue weighted by molar-refractivity contribution is -0.143. The molecule has 2 saturated heterocycles. The summed E-state index contributed by atoms with van der Waals surface area (Å²) in [4.78, 5) is 50.1. The Kier molecular flexibility index (Phi) is 5.79. The van der Waals surface area contributed by atoms with E-state index in [9.17, 15) is 14.4 Å². The van der Waals surface area contributed by atoms with E-state index < -0.39 is 5.54 Å². The molecule has 4 aromatic heterocycles.